The maximum absolute atomic E-state index is 12.2. The lowest BCUT2D eigenvalue weighted by Gasteiger charge is -2.31. The molecule has 0 spiro atoms. The van der Waals surface area contributed by atoms with Gasteiger partial charge in [0, 0.05) is 10.9 Å². The summed E-state index contributed by atoms with van der Waals surface area (Å²) >= 11 is 7.39. The Labute approximate surface area is 167 Å². The molecule has 0 atom stereocenters. The van der Waals surface area contributed by atoms with Crippen LogP contribution in [0.15, 0.2) is 24.3 Å². The standard InChI is InChI=1S/C19H23ClN4O2S/c20-15-3-5-16(6-4-15)26-12-13-7-9-24(10-8-13)11-17(25)21-19-23-22-18(27-19)14-1-2-14/h3-6,13-14H,1-2,7-12H2,(H,21,23,25). The van der Waals surface area contributed by atoms with Crippen LogP contribution in [0.4, 0.5) is 5.13 Å². The second-order valence-corrected chi connectivity index (χ2v) is 8.70. The predicted molar refractivity (Wildman–Crippen MR) is 107 cm³/mol. The van der Waals surface area contributed by atoms with Gasteiger partial charge in [-0.2, -0.15) is 0 Å². The number of rotatable bonds is 7. The zero-order valence-corrected chi connectivity index (χ0v) is 16.6. The van der Waals surface area contributed by atoms with E-state index in [9.17, 15) is 4.79 Å². The highest BCUT2D eigenvalue weighted by Crippen LogP contribution is 2.42. The van der Waals surface area contributed by atoms with Crippen molar-refractivity contribution in [3.8, 4) is 5.75 Å². The van der Waals surface area contributed by atoms with E-state index in [1.165, 1.54) is 24.2 Å². The third-order valence-electron chi connectivity index (χ3n) is 4.99. The fourth-order valence-corrected chi connectivity index (χ4v) is 4.25. The molecule has 1 aromatic heterocycles. The molecule has 6 nitrogen and oxygen atoms in total. The Hall–Kier alpha value is -1.70. The number of hydrogen-bond donors (Lipinski definition) is 1. The first-order chi connectivity index (χ1) is 13.2. The van der Waals surface area contributed by atoms with Crippen LogP contribution in [0.5, 0.6) is 5.75 Å². The van der Waals surface area contributed by atoms with Crippen molar-refractivity contribution in [3.63, 3.8) is 0 Å². The molecule has 4 rings (SSSR count). The van der Waals surface area contributed by atoms with Crippen molar-refractivity contribution in [1.82, 2.24) is 15.1 Å². The van der Waals surface area contributed by atoms with Gasteiger partial charge in [-0.25, -0.2) is 0 Å². The summed E-state index contributed by atoms with van der Waals surface area (Å²) in [5, 5.41) is 13.5. The van der Waals surface area contributed by atoms with Gasteiger partial charge >= 0.3 is 0 Å². The molecule has 1 aliphatic carbocycles. The maximum Gasteiger partial charge on any atom is 0.240 e. The molecule has 2 heterocycles. The molecule has 1 saturated carbocycles. The van der Waals surface area contributed by atoms with Gasteiger partial charge in [0.1, 0.15) is 10.8 Å². The monoisotopic (exact) mass is 406 g/mol. The smallest absolute Gasteiger partial charge is 0.240 e. The minimum absolute atomic E-state index is 0.00985. The molecular weight excluding hydrogens is 384 g/mol. The largest absolute Gasteiger partial charge is 0.493 e. The molecule has 27 heavy (non-hydrogen) atoms. The zero-order chi connectivity index (χ0) is 18.6. The summed E-state index contributed by atoms with van der Waals surface area (Å²) in [6.45, 7) is 2.93. The lowest BCUT2D eigenvalue weighted by molar-refractivity contribution is -0.117. The Bertz CT molecular complexity index is 770. The summed E-state index contributed by atoms with van der Waals surface area (Å²) in [6.07, 6.45) is 4.45. The number of likely N-dealkylation sites (tertiary alicyclic amines) is 1. The van der Waals surface area contributed by atoms with Crippen LogP contribution in [0.1, 0.15) is 36.6 Å². The van der Waals surface area contributed by atoms with E-state index in [0.29, 0.717) is 35.1 Å². The Kier molecular flexibility index (Phi) is 5.90. The summed E-state index contributed by atoms with van der Waals surface area (Å²) in [7, 11) is 0. The summed E-state index contributed by atoms with van der Waals surface area (Å²) in [6, 6.07) is 7.46. The molecule has 0 bridgehead atoms. The van der Waals surface area contributed by atoms with Crippen molar-refractivity contribution < 1.29 is 9.53 Å². The van der Waals surface area contributed by atoms with E-state index in [4.69, 9.17) is 16.3 Å². The fourth-order valence-electron chi connectivity index (χ4n) is 3.20. The van der Waals surface area contributed by atoms with Crippen LogP contribution in [0, 0.1) is 5.92 Å². The van der Waals surface area contributed by atoms with E-state index >= 15 is 0 Å². The van der Waals surface area contributed by atoms with Gasteiger partial charge in [0.15, 0.2) is 0 Å². The summed E-state index contributed by atoms with van der Waals surface area (Å²) in [4.78, 5) is 14.4. The number of piperidine rings is 1. The van der Waals surface area contributed by atoms with Gasteiger partial charge in [0.25, 0.3) is 0 Å². The van der Waals surface area contributed by atoms with Gasteiger partial charge in [-0.1, -0.05) is 22.9 Å². The van der Waals surface area contributed by atoms with Crippen molar-refractivity contribution in [1.29, 1.82) is 0 Å². The van der Waals surface area contributed by atoms with E-state index in [0.717, 1.165) is 36.7 Å². The fraction of sp³-hybridized carbons (Fsp3) is 0.526. The summed E-state index contributed by atoms with van der Waals surface area (Å²) < 4.78 is 5.85. The number of ether oxygens (including phenoxy) is 1. The van der Waals surface area contributed by atoms with Crippen molar-refractivity contribution in [2.24, 2.45) is 5.92 Å². The number of halogens is 1. The average Bonchev–Trinajstić information content (AvgIpc) is 3.42. The van der Waals surface area contributed by atoms with Gasteiger partial charge < -0.3 is 4.74 Å². The predicted octanol–water partition coefficient (Wildman–Crippen LogP) is 3.80. The Balaban J connectivity index is 1.16. The van der Waals surface area contributed by atoms with Crippen molar-refractivity contribution in [2.75, 3.05) is 31.6 Å². The van der Waals surface area contributed by atoms with E-state index in [1.807, 2.05) is 24.3 Å². The first kappa shape index (κ1) is 18.7. The lowest BCUT2D eigenvalue weighted by atomic mass is 9.98. The van der Waals surface area contributed by atoms with Crippen molar-refractivity contribution >= 4 is 34.0 Å². The lowest BCUT2D eigenvalue weighted by Crippen LogP contribution is -2.40. The molecule has 0 radical (unpaired) electrons. The minimum atomic E-state index is -0.00985. The average molecular weight is 407 g/mol. The molecule has 8 heteroatoms. The van der Waals surface area contributed by atoms with Crippen LogP contribution in [0.2, 0.25) is 5.02 Å². The summed E-state index contributed by atoms with van der Waals surface area (Å²) in [5.41, 5.74) is 0. The number of carbonyl (C=O) groups is 1. The molecule has 1 amide bonds. The van der Waals surface area contributed by atoms with Crippen LogP contribution in [-0.2, 0) is 4.79 Å². The molecule has 1 saturated heterocycles. The highest BCUT2D eigenvalue weighted by Gasteiger charge is 2.28. The molecule has 2 fully saturated rings. The number of benzene rings is 1. The van der Waals surface area contributed by atoms with Crippen molar-refractivity contribution in [2.45, 2.75) is 31.6 Å². The highest BCUT2D eigenvalue weighted by atomic mass is 35.5. The van der Waals surface area contributed by atoms with Gasteiger partial charge in [0.2, 0.25) is 11.0 Å². The number of nitrogens with one attached hydrogen (secondary N) is 1. The topological polar surface area (TPSA) is 67.3 Å². The third-order valence-corrected chi connectivity index (χ3v) is 6.24. The Morgan fingerprint density at radius 1 is 1.19 bits per heavy atom. The number of carbonyl (C=O) groups excluding carboxylic acids is 1. The quantitative estimate of drug-likeness (QED) is 0.757. The van der Waals surface area contributed by atoms with Crippen LogP contribution in [-0.4, -0.2) is 47.2 Å². The molecule has 2 aromatic rings. The maximum atomic E-state index is 12.2. The summed E-state index contributed by atoms with van der Waals surface area (Å²) in [5.74, 6) is 1.93. The SMILES string of the molecule is O=C(CN1CCC(COc2ccc(Cl)cc2)CC1)Nc1nnc(C2CC2)s1. The van der Waals surface area contributed by atoms with Gasteiger partial charge in [-0.05, 0) is 69.0 Å². The molecule has 1 aliphatic heterocycles. The van der Waals surface area contributed by atoms with Crippen LogP contribution >= 0.6 is 22.9 Å². The first-order valence-electron chi connectivity index (χ1n) is 9.39. The van der Waals surface area contributed by atoms with Crippen LogP contribution < -0.4 is 10.1 Å². The number of amides is 1. The third kappa shape index (κ3) is 5.40. The number of nitrogens with zero attached hydrogens (tertiary/aromatic N) is 3. The van der Waals surface area contributed by atoms with Crippen LogP contribution in [0.25, 0.3) is 0 Å². The van der Waals surface area contributed by atoms with E-state index in [2.05, 4.69) is 20.4 Å². The number of aromatic nitrogens is 2. The molecule has 1 aromatic carbocycles. The van der Waals surface area contributed by atoms with Gasteiger partial charge in [-0.15, -0.1) is 10.2 Å². The Morgan fingerprint density at radius 2 is 1.93 bits per heavy atom. The molecule has 1 N–H and O–H groups in total. The minimum Gasteiger partial charge on any atom is -0.493 e. The highest BCUT2D eigenvalue weighted by molar-refractivity contribution is 7.15. The molecule has 2 aliphatic rings. The molecule has 144 valence electrons. The van der Waals surface area contributed by atoms with Gasteiger partial charge in [0.05, 0.1) is 13.2 Å². The number of anilines is 1. The number of hydrogen-bond acceptors (Lipinski definition) is 6. The zero-order valence-electron chi connectivity index (χ0n) is 15.1. The van der Waals surface area contributed by atoms with Crippen LogP contribution in [0.3, 0.4) is 0 Å². The Morgan fingerprint density at radius 3 is 2.63 bits per heavy atom. The second-order valence-electron chi connectivity index (χ2n) is 7.25. The normalized spacial score (nSPS) is 18.4. The van der Waals surface area contributed by atoms with Gasteiger partial charge in [-0.3, -0.25) is 15.0 Å². The van der Waals surface area contributed by atoms with E-state index < -0.39 is 0 Å². The molecule has 0 unspecified atom stereocenters. The molecular formula is C19H23ClN4O2S. The first-order valence-corrected chi connectivity index (χ1v) is 10.6. The van der Waals surface area contributed by atoms with E-state index in [1.54, 1.807) is 0 Å². The van der Waals surface area contributed by atoms with Crippen molar-refractivity contribution in [3.05, 3.63) is 34.3 Å². The second kappa shape index (κ2) is 8.54. The van der Waals surface area contributed by atoms with E-state index in [-0.39, 0.29) is 5.91 Å².